The third-order valence-corrected chi connectivity index (χ3v) is 5.29. The first kappa shape index (κ1) is 21.7. The van der Waals surface area contributed by atoms with Gasteiger partial charge in [-0.3, -0.25) is 4.79 Å². The summed E-state index contributed by atoms with van der Waals surface area (Å²) in [6, 6.07) is 31.0. The van der Waals surface area contributed by atoms with Crippen LogP contribution < -0.4 is 10.1 Å². The van der Waals surface area contributed by atoms with E-state index in [-0.39, 0.29) is 5.57 Å². The number of amides is 1. The molecule has 5 heteroatoms. The minimum atomic E-state index is -0.466. The maximum atomic E-state index is 12.9. The number of hydrogen-bond acceptors (Lipinski definition) is 3. The van der Waals surface area contributed by atoms with Crippen molar-refractivity contribution in [3.63, 3.8) is 0 Å². The van der Waals surface area contributed by atoms with Gasteiger partial charge in [-0.25, -0.2) is 0 Å². The van der Waals surface area contributed by atoms with Crippen LogP contribution in [-0.2, 0) is 4.79 Å². The van der Waals surface area contributed by atoms with Crippen LogP contribution in [0.4, 0.5) is 5.69 Å². The van der Waals surface area contributed by atoms with Crippen molar-refractivity contribution in [2.75, 3.05) is 12.4 Å². The standard InChI is InChI=1S/C28H23N3O2/c1-20-17-22(18-23(19-29)28(32)30-24-13-15-26(33-2)16-14-24)27(21-9-5-3-6-10-21)31(20)25-11-7-4-8-12-25/h3-18H,1-2H3,(H,30,32)/b23-18-. The van der Waals surface area contributed by atoms with Gasteiger partial charge >= 0.3 is 0 Å². The fraction of sp³-hybridized carbons (Fsp3) is 0.0714. The Bertz CT molecular complexity index is 1330. The minimum Gasteiger partial charge on any atom is -0.497 e. The zero-order valence-corrected chi connectivity index (χ0v) is 18.4. The minimum absolute atomic E-state index is 0.0215. The normalized spacial score (nSPS) is 11.0. The molecule has 0 aliphatic carbocycles. The number of aryl methyl sites for hydroxylation is 1. The molecule has 5 nitrogen and oxygen atoms in total. The smallest absolute Gasteiger partial charge is 0.266 e. The number of benzene rings is 3. The third kappa shape index (κ3) is 4.70. The molecule has 1 heterocycles. The van der Waals surface area contributed by atoms with Crippen molar-refractivity contribution in [2.24, 2.45) is 0 Å². The first-order chi connectivity index (χ1) is 16.1. The van der Waals surface area contributed by atoms with Crippen molar-refractivity contribution >= 4 is 17.7 Å². The fourth-order valence-electron chi connectivity index (χ4n) is 3.75. The summed E-state index contributed by atoms with van der Waals surface area (Å²) in [6.45, 7) is 2.01. The van der Waals surface area contributed by atoms with Gasteiger partial charge in [0.15, 0.2) is 0 Å². The Morgan fingerprint density at radius 1 is 0.970 bits per heavy atom. The molecule has 0 fully saturated rings. The number of carbonyl (C=O) groups excluding carboxylic acids is 1. The fourth-order valence-corrected chi connectivity index (χ4v) is 3.75. The van der Waals surface area contributed by atoms with Gasteiger partial charge in [-0.15, -0.1) is 0 Å². The molecular formula is C28H23N3O2. The molecule has 33 heavy (non-hydrogen) atoms. The number of hydrogen-bond donors (Lipinski definition) is 1. The Hall–Kier alpha value is -4.56. The lowest BCUT2D eigenvalue weighted by molar-refractivity contribution is -0.112. The number of rotatable bonds is 6. The summed E-state index contributed by atoms with van der Waals surface area (Å²) in [7, 11) is 1.58. The van der Waals surface area contributed by atoms with Crippen LogP contribution in [0.3, 0.4) is 0 Å². The molecule has 0 radical (unpaired) electrons. The summed E-state index contributed by atoms with van der Waals surface area (Å²) in [6.07, 6.45) is 1.65. The zero-order chi connectivity index (χ0) is 23.2. The number of nitriles is 1. The van der Waals surface area contributed by atoms with Gasteiger partial charge in [0.25, 0.3) is 5.91 Å². The number of ether oxygens (including phenoxy) is 1. The maximum absolute atomic E-state index is 12.9. The summed E-state index contributed by atoms with van der Waals surface area (Å²) in [5.74, 6) is 0.223. The van der Waals surface area contributed by atoms with E-state index in [1.165, 1.54) is 0 Å². The molecule has 0 aliphatic rings. The van der Waals surface area contributed by atoms with E-state index >= 15 is 0 Å². The van der Waals surface area contributed by atoms with Crippen LogP contribution in [0.2, 0.25) is 0 Å². The van der Waals surface area contributed by atoms with Crippen molar-refractivity contribution in [1.29, 1.82) is 5.26 Å². The van der Waals surface area contributed by atoms with Crippen molar-refractivity contribution < 1.29 is 9.53 Å². The highest BCUT2D eigenvalue weighted by atomic mass is 16.5. The maximum Gasteiger partial charge on any atom is 0.266 e. The number of carbonyl (C=O) groups is 1. The topological polar surface area (TPSA) is 67.0 Å². The van der Waals surface area contributed by atoms with Crippen molar-refractivity contribution in [3.8, 4) is 28.8 Å². The highest BCUT2D eigenvalue weighted by Gasteiger charge is 2.17. The molecule has 4 rings (SSSR count). The number of aromatic nitrogens is 1. The Morgan fingerprint density at radius 3 is 2.21 bits per heavy atom. The van der Waals surface area contributed by atoms with Crippen LogP contribution in [-0.4, -0.2) is 17.6 Å². The van der Waals surface area contributed by atoms with Gasteiger partial charge in [-0.1, -0.05) is 48.5 Å². The van der Waals surface area contributed by atoms with Gasteiger partial charge in [0.05, 0.1) is 12.8 Å². The van der Waals surface area contributed by atoms with Gasteiger partial charge in [0, 0.05) is 22.6 Å². The number of anilines is 1. The third-order valence-electron chi connectivity index (χ3n) is 5.29. The van der Waals surface area contributed by atoms with E-state index in [1.54, 1.807) is 37.5 Å². The van der Waals surface area contributed by atoms with Gasteiger partial charge < -0.3 is 14.6 Å². The molecule has 0 unspecified atom stereocenters. The Labute approximate surface area is 193 Å². The molecule has 1 amide bonds. The number of methoxy groups -OCH3 is 1. The van der Waals surface area contributed by atoms with Crippen molar-refractivity contribution in [2.45, 2.75) is 6.92 Å². The lowest BCUT2D eigenvalue weighted by Crippen LogP contribution is -2.13. The van der Waals surface area contributed by atoms with E-state index in [1.807, 2.05) is 73.7 Å². The van der Waals surface area contributed by atoms with Crippen LogP contribution in [0.15, 0.2) is 96.6 Å². The van der Waals surface area contributed by atoms with E-state index in [0.717, 1.165) is 28.2 Å². The summed E-state index contributed by atoms with van der Waals surface area (Å²) < 4.78 is 7.28. The molecule has 0 saturated heterocycles. The average Bonchev–Trinajstić information content (AvgIpc) is 3.19. The molecule has 0 aliphatic heterocycles. The molecule has 1 aromatic heterocycles. The predicted molar refractivity (Wildman–Crippen MR) is 131 cm³/mol. The van der Waals surface area contributed by atoms with Crippen molar-refractivity contribution in [3.05, 3.63) is 108 Å². The zero-order valence-electron chi connectivity index (χ0n) is 18.4. The lowest BCUT2D eigenvalue weighted by Gasteiger charge is -2.13. The SMILES string of the molecule is COc1ccc(NC(=O)/C(C#N)=C\c2cc(C)n(-c3ccccc3)c2-c2ccccc2)cc1. The van der Waals surface area contributed by atoms with E-state index in [9.17, 15) is 10.1 Å². The highest BCUT2D eigenvalue weighted by Crippen LogP contribution is 2.32. The Morgan fingerprint density at radius 2 is 1.61 bits per heavy atom. The molecular weight excluding hydrogens is 410 g/mol. The van der Waals surface area contributed by atoms with Crippen LogP contribution >= 0.6 is 0 Å². The van der Waals surface area contributed by atoms with E-state index in [2.05, 4.69) is 16.0 Å². The van der Waals surface area contributed by atoms with Crippen LogP contribution in [0.1, 0.15) is 11.3 Å². The molecule has 0 atom stereocenters. The number of para-hydroxylation sites is 1. The van der Waals surface area contributed by atoms with E-state index < -0.39 is 5.91 Å². The highest BCUT2D eigenvalue weighted by molar-refractivity contribution is 6.10. The number of nitrogens with zero attached hydrogens (tertiary/aromatic N) is 2. The Balaban J connectivity index is 1.77. The predicted octanol–water partition coefficient (Wildman–Crippen LogP) is 6.01. The van der Waals surface area contributed by atoms with Crippen molar-refractivity contribution in [1.82, 2.24) is 4.57 Å². The summed E-state index contributed by atoms with van der Waals surface area (Å²) >= 11 is 0. The molecule has 4 aromatic rings. The molecule has 162 valence electrons. The van der Waals surface area contributed by atoms with Gasteiger partial charge in [0.1, 0.15) is 17.4 Å². The van der Waals surface area contributed by atoms with Crippen LogP contribution in [0.25, 0.3) is 23.0 Å². The Kier molecular flexibility index (Phi) is 6.38. The first-order valence-electron chi connectivity index (χ1n) is 10.5. The van der Waals surface area contributed by atoms with Crippen LogP contribution in [0.5, 0.6) is 5.75 Å². The molecule has 0 bridgehead atoms. The second kappa shape index (κ2) is 9.71. The quantitative estimate of drug-likeness (QED) is 0.299. The molecule has 1 N–H and O–H groups in total. The largest absolute Gasteiger partial charge is 0.497 e. The summed E-state index contributed by atoms with van der Waals surface area (Å²) in [5, 5.41) is 12.6. The lowest BCUT2D eigenvalue weighted by atomic mass is 10.0. The van der Waals surface area contributed by atoms with Gasteiger partial charge in [0.2, 0.25) is 0 Å². The average molecular weight is 434 g/mol. The van der Waals surface area contributed by atoms with Gasteiger partial charge in [-0.05, 0) is 61.0 Å². The second-order valence-corrected chi connectivity index (χ2v) is 7.48. The molecule has 0 saturated carbocycles. The summed E-state index contributed by atoms with van der Waals surface area (Å²) in [4.78, 5) is 12.9. The van der Waals surface area contributed by atoms with E-state index in [0.29, 0.717) is 11.4 Å². The molecule has 0 spiro atoms. The van der Waals surface area contributed by atoms with Gasteiger partial charge in [-0.2, -0.15) is 5.26 Å². The monoisotopic (exact) mass is 433 g/mol. The number of nitrogens with one attached hydrogen (secondary N) is 1. The van der Waals surface area contributed by atoms with Crippen LogP contribution in [0, 0.1) is 18.3 Å². The molecule has 3 aromatic carbocycles. The summed E-state index contributed by atoms with van der Waals surface area (Å²) in [5.41, 5.74) is 5.33. The second-order valence-electron chi connectivity index (χ2n) is 7.48. The first-order valence-corrected chi connectivity index (χ1v) is 10.5. The van der Waals surface area contributed by atoms with E-state index in [4.69, 9.17) is 4.74 Å².